The van der Waals surface area contributed by atoms with Crippen molar-refractivity contribution < 1.29 is 0 Å². The number of hydrogen-bond donors (Lipinski definition) is 0. The summed E-state index contributed by atoms with van der Waals surface area (Å²) in [6.45, 7) is 8.61. The predicted molar refractivity (Wildman–Crippen MR) is 79.8 cm³/mol. The molecule has 0 atom stereocenters. The van der Waals surface area contributed by atoms with Crippen LogP contribution in [0.15, 0.2) is 24.3 Å². The lowest BCUT2D eigenvalue weighted by molar-refractivity contribution is 0.212. The highest BCUT2D eigenvalue weighted by atomic mass is 15.2. The van der Waals surface area contributed by atoms with E-state index in [9.17, 15) is 0 Å². The Morgan fingerprint density at radius 2 is 1.95 bits per heavy atom. The van der Waals surface area contributed by atoms with Crippen LogP contribution in [0.2, 0.25) is 0 Å². The first-order valence-electron chi connectivity index (χ1n) is 6.87. The summed E-state index contributed by atoms with van der Waals surface area (Å²) in [6, 6.07) is 10.1. The van der Waals surface area contributed by atoms with Gasteiger partial charge >= 0.3 is 0 Å². The Hall–Kier alpha value is -1.37. The van der Waals surface area contributed by atoms with Crippen molar-refractivity contribution in [2.45, 2.75) is 20.4 Å². The Morgan fingerprint density at radius 1 is 1.21 bits per heavy atom. The molecule has 0 saturated carbocycles. The number of likely N-dealkylation sites (N-methyl/N-ethyl adjacent to an activating group) is 1. The van der Waals surface area contributed by atoms with Gasteiger partial charge in [-0.3, -0.25) is 4.90 Å². The van der Waals surface area contributed by atoms with Gasteiger partial charge in [0.1, 0.15) is 0 Å². The number of rotatable bonds is 7. The quantitative estimate of drug-likeness (QED) is 0.754. The highest BCUT2D eigenvalue weighted by molar-refractivity contribution is 5.32. The molecule has 104 valence electrons. The molecule has 1 rings (SSSR count). The van der Waals surface area contributed by atoms with Gasteiger partial charge in [-0.15, -0.1) is 0 Å². The minimum atomic E-state index is 0.654. The molecular formula is C16H25N3. The van der Waals surface area contributed by atoms with E-state index in [1.54, 1.807) is 0 Å². The van der Waals surface area contributed by atoms with Crippen LogP contribution in [0, 0.1) is 17.2 Å². The molecule has 0 N–H and O–H groups in total. The van der Waals surface area contributed by atoms with Gasteiger partial charge in [-0.25, -0.2) is 0 Å². The maximum atomic E-state index is 8.95. The van der Waals surface area contributed by atoms with Crippen LogP contribution < -0.4 is 0 Å². The maximum absolute atomic E-state index is 8.95. The van der Waals surface area contributed by atoms with E-state index in [1.165, 1.54) is 5.56 Å². The lowest BCUT2D eigenvalue weighted by Gasteiger charge is -2.26. The molecule has 3 nitrogen and oxygen atoms in total. The molecule has 0 fully saturated rings. The molecule has 3 heteroatoms. The Balaban J connectivity index is 2.67. The van der Waals surface area contributed by atoms with E-state index in [-0.39, 0.29) is 0 Å². The molecule has 0 spiro atoms. The molecule has 0 aliphatic carbocycles. The van der Waals surface area contributed by atoms with Crippen molar-refractivity contribution in [1.82, 2.24) is 9.80 Å². The number of benzene rings is 1. The second-order valence-electron chi connectivity index (χ2n) is 5.74. The molecule has 0 radical (unpaired) electrons. The fraction of sp³-hybridized carbons (Fsp3) is 0.562. The van der Waals surface area contributed by atoms with Crippen LogP contribution in [0.4, 0.5) is 0 Å². The summed E-state index contributed by atoms with van der Waals surface area (Å²) < 4.78 is 0. The Kier molecular flexibility index (Phi) is 6.55. The van der Waals surface area contributed by atoms with E-state index in [0.29, 0.717) is 5.92 Å². The zero-order valence-electron chi connectivity index (χ0n) is 12.6. The lowest BCUT2D eigenvalue weighted by atomic mass is 10.1. The molecule has 1 aromatic carbocycles. The van der Waals surface area contributed by atoms with Crippen LogP contribution in [-0.4, -0.2) is 43.5 Å². The van der Waals surface area contributed by atoms with Crippen LogP contribution >= 0.6 is 0 Å². The molecule has 0 aromatic heterocycles. The summed E-state index contributed by atoms with van der Waals surface area (Å²) in [5.41, 5.74) is 1.97. The first kappa shape index (κ1) is 15.7. The van der Waals surface area contributed by atoms with Crippen molar-refractivity contribution in [3.8, 4) is 6.07 Å². The normalized spacial score (nSPS) is 11.3. The Morgan fingerprint density at radius 3 is 2.53 bits per heavy atom. The Bertz CT molecular complexity index is 418. The highest BCUT2D eigenvalue weighted by Crippen LogP contribution is 2.09. The fourth-order valence-corrected chi connectivity index (χ4v) is 2.09. The number of nitriles is 1. The SMILES string of the molecule is CC(C)CN(CCN(C)C)Cc1cccc(C#N)c1. The number of hydrogen-bond acceptors (Lipinski definition) is 3. The molecule has 0 unspecified atom stereocenters. The van der Waals surface area contributed by atoms with Gasteiger partial charge in [-0.05, 0) is 37.7 Å². The van der Waals surface area contributed by atoms with Gasteiger partial charge in [0.2, 0.25) is 0 Å². The molecule has 1 aromatic rings. The predicted octanol–water partition coefficient (Wildman–Crippen LogP) is 2.58. The van der Waals surface area contributed by atoms with Gasteiger partial charge in [0.15, 0.2) is 0 Å². The lowest BCUT2D eigenvalue weighted by Crippen LogP contribution is -2.34. The summed E-state index contributed by atoms with van der Waals surface area (Å²) in [5, 5.41) is 8.95. The van der Waals surface area contributed by atoms with Crippen LogP contribution in [0.5, 0.6) is 0 Å². The van der Waals surface area contributed by atoms with Crippen molar-refractivity contribution in [3.05, 3.63) is 35.4 Å². The van der Waals surface area contributed by atoms with E-state index in [1.807, 2.05) is 18.2 Å². The van der Waals surface area contributed by atoms with Crippen molar-refractivity contribution in [2.75, 3.05) is 33.7 Å². The third-order valence-electron chi connectivity index (χ3n) is 2.95. The van der Waals surface area contributed by atoms with Gasteiger partial charge in [0.25, 0.3) is 0 Å². The van der Waals surface area contributed by atoms with Crippen molar-refractivity contribution in [1.29, 1.82) is 5.26 Å². The fourth-order valence-electron chi connectivity index (χ4n) is 2.09. The first-order chi connectivity index (χ1) is 9.01. The maximum Gasteiger partial charge on any atom is 0.0991 e. The third kappa shape index (κ3) is 6.37. The largest absolute Gasteiger partial charge is 0.308 e. The molecule has 0 amide bonds. The first-order valence-corrected chi connectivity index (χ1v) is 6.87. The summed E-state index contributed by atoms with van der Waals surface area (Å²) in [5.74, 6) is 0.654. The monoisotopic (exact) mass is 259 g/mol. The van der Waals surface area contributed by atoms with Crippen molar-refractivity contribution in [2.24, 2.45) is 5.92 Å². The highest BCUT2D eigenvalue weighted by Gasteiger charge is 2.09. The zero-order valence-corrected chi connectivity index (χ0v) is 12.6. The molecule has 19 heavy (non-hydrogen) atoms. The average molecular weight is 259 g/mol. The van der Waals surface area contributed by atoms with E-state index in [2.05, 4.69) is 49.9 Å². The average Bonchev–Trinajstić information content (AvgIpc) is 2.35. The van der Waals surface area contributed by atoms with Crippen LogP contribution in [0.1, 0.15) is 25.0 Å². The molecule has 0 saturated heterocycles. The van der Waals surface area contributed by atoms with E-state index in [4.69, 9.17) is 5.26 Å². The summed E-state index contributed by atoms with van der Waals surface area (Å²) >= 11 is 0. The minimum Gasteiger partial charge on any atom is -0.308 e. The minimum absolute atomic E-state index is 0.654. The van der Waals surface area contributed by atoms with E-state index >= 15 is 0 Å². The van der Waals surface area contributed by atoms with Gasteiger partial charge in [0, 0.05) is 26.2 Å². The van der Waals surface area contributed by atoms with Gasteiger partial charge in [-0.2, -0.15) is 5.26 Å². The van der Waals surface area contributed by atoms with Crippen LogP contribution in [-0.2, 0) is 6.54 Å². The molecule has 0 bridgehead atoms. The van der Waals surface area contributed by atoms with E-state index in [0.717, 1.165) is 31.7 Å². The van der Waals surface area contributed by atoms with Crippen molar-refractivity contribution >= 4 is 0 Å². The van der Waals surface area contributed by atoms with Gasteiger partial charge < -0.3 is 4.90 Å². The van der Waals surface area contributed by atoms with E-state index < -0.39 is 0 Å². The summed E-state index contributed by atoms with van der Waals surface area (Å²) in [7, 11) is 4.20. The smallest absolute Gasteiger partial charge is 0.0991 e. The summed E-state index contributed by atoms with van der Waals surface area (Å²) in [4.78, 5) is 4.67. The second kappa shape index (κ2) is 7.93. The standard InChI is InChI=1S/C16H25N3/c1-14(2)12-19(9-8-18(3)4)13-16-7-5-6-15(10-16)11-17/h5-7,10,14H,8-9,12-13H2,1-4H3. The molecule has 0 aliphatic heterocycles. The summed E-state index contributed by atoms with van der Waals surface area (Å²) in [6.07, 6.45) is 0. The number of nitrogens with zero attached hydrogens (tertiary/aromatic N) is 3. The second-order valence-corrected chi connectivity index (χ2v) is 5.74. The van der Waals surface area contributed by atoms with Crippen LogP contribution in [0.25, 0.3) is 0 Å². The van der Waals surface area contributed by atoms with Gasteiger partial charge in [0.05, 0.1) is 11.6 Å². The zero-order chi connectivity index (χ0) is 14.3. The topological polar surface area (TPSA) is 30.3 Å². The Labute approximate surface area is 117 Å². The van der Waals surface area contributed by atoms with Crippen LogP contribution in [0.3, 0.4) is 0 Å². The molecule has 0 aliphatic rings. The van der Waals surface area contributed by atoms with Gasteiger partial charge in [-0.1, -0.05) is 26.0 Å². The molecular weight excluding hydrogens is 234 g/mol. The van der Waals surface area contributed by atoms with Crippen molar-refractivity contribution in [3.63, 3.8) is 0 Å². The third-order valence-corrected chi connectivity index (χ3v) is 2.95. The molecule has 0 heterocycles.